The molecule has 0 unspecified atom stereocenters. The third-order valence-corrected chi connectivity index (χ3v) is 5.02. The number of H-pyrrole nitrogens is 1. The average Bonchev–Trinajstić information content (AvgIpc) is 3.12. The SMILES string of the molecule is COC(=O)[C@]1(Cc2nc(N)nc3[nH]c(-c4ccc(N)cc4)cc23)C=CC=CC1. The maximum Gasteiger partial charge on any atom is 0.316 e. The van der Waals surface area contributed by atoms with Gasteiger partial charge < -0.3 is 21.2 Å². The van der Waals surface area contributed by atoms with Crippen LogP contribution in [-0.4, -0.2) is 28.0 Å². The van der Waals surface area contributed by atoms with Crippen molar-refractivity contribution in [3.8, 4) is 11.3 Å². The van der Waals surface area contributed by atoms with Gasteiger partial charge in [-0.2, -0.15) is 4.98 Å². The summed E-state index contributed by atoms with van der Waals surface area (Å²) in [5, 5.41) is 0.826. The fourth-order valence-corrected chi connectivity index (χ4v) is 3.56. The molecule has 1 aliphatic rings. The van der Waals surface area contributed by atoms with E-state index in [1.54, 1.807) is 0 Å². The number of aromatic amines is 1. The number of nitrogens with zero attached hydrogens (tertiary/aromatic N) is 2. The van der Waals surface area contributed by atoms with Gasteiger partial charge in [-0.15, -0.1) is 0 Å². The van der Waals surface area contributed by atoms with E-state index < -0.39 is 5.41 Å². The molecule has 1 aromatic carbocycles. The largest absolute Gasteiger partial charge is 0.468 e. The molecule has 5 N–H and O–H groups in total. The maximum atomic E-state index is 12.6. The summed E-state index contributed by atoms with van der Waals surface area (Å²) in [5.41, 5.74) is 14.8. The predicted octanol–water partition coefficient (Wildman–Crippen LogP) is 3.01. The Morgan fingerprint density at radius 3 is 2.68 bits per heavy atom. The van der Waals surface area contributed by atoms with Crippen molar-refractivity contribution in [2.75, 3.05) is 18.6 Å². The van der Waals surface area contributed by atoms with Gasteiger partial charge in [0.05, 0.1) is 18.2 Å². The van der Waals surface area contributed by atoms with Crippen molar-refractivity contribution >= 4 is 28.6 Å². The monoisotopic (exact) mass is 375 g/mol. The molecule has 7 nitrogen and oxygen atoms in total. The smallest absolute Gasteiger partial charge is 0.316 e. The number of rotatable bonds is 4. The second kappa shape index (κ2) is 6.84. The first-order valence-electron chi connectivity index (χ1n) is 8.94. The van der Waals surface area contributed by atoms with Gasteiger partial charge in [0.2, 0.25) is 5.95 Å². The summed E-state index contributed by atoms with van der Waals surface area (Å²) in [6, 6.07) is 9.52. The summed E-state index contributed by atoms with van der Waals surface area (Å²) in [6.07, 6.45) is 8.51. The fourth-order valence-electron chi connectivity index (χ4n) is 3.56. The molecule has 7 heteroatoms. The minimum absolute atomic E-state index is 0.156. The van der Waals surface area contributed by atoms with Gasteiger partial charge in [0.1, 0.15) is 5.65 Å². The minimum atomic E-state index is -0.810. The van der Waals surface area contributed by atoms with Gasteiger partial charge in [0.15, 0.2) is 0 Å². The van der Waals surface area contributed by atoms with E-state index in [-0.39, 0.29) is 11.9 Å². The Bertz CT molecular complexity index is 1100. The van der Waals surface area contributed by atoms with Crippen molar-refractivity contribution in [1.29, 1.82) is 0 Å². The van der Waals surface area contributed by atoms with Crippen molar-refractivity contribution in [3.63, 3.8) is 0 Å². The van der Waals surface area contributed by atoms with Crippen LogP contribution in [0.2, 0.25) is 0 Å². The molecule has 0 fully saturated rings. The van der Waals surface area contributed by atoms with Crippen molar-refractivity contribution < 1.29 is 9.53 Å². The van der Waals surface area contributed by atoms with Gasteiger partial charge in [0, 0.05) is 23.2 Å². The lowest BCUT2D eigenvalue weighted by Gasteiger charge is -2.28. The first kappa shape index (κ1) is 17.8. The lowest BCUT2D eigenvalue weighted by atomic mass is 9.77. The number of hydrogen-bond donors (Lipinski definition) is 3. The van der Waals surface area contributed by atoms with E-state index in [2.05, 4.69) is 15.0 Å². The first-order chi connectivity index (χ1) is 13.5. The Labute approximate surface area is 162 Å². The quantitative estimate of drug-likeness (QED) is 0.476. The molecule has 0 saturated carbocycles. The summed E-state index contributed by atoms with van der Waals surface area (Å²) >= 11 is 0. The van der Waals surface area contributed by atoms with Crippen LogP contribution in [0.15, 0.2) is 54.6 Å². The zero-order chi connectivity index (χ0) is 19.7. The highest BCUT2D eigenvalue weighted by Gasteiger charge is 2.38. The maximum absolute atomic E-state index is 12.6. The van der Waals surface area contributed by atoms with E-state index in [0.29, 0.717) is 29.9 Å². The second-order valence-electron chi connectivity index (χ2n) is 6.91. The van der Waals surface area contributed by atoms with Crippen LogP contribution in [0.4, 0.5) is 11.6 Å². The predicted molar refractivity (Wildman–Crippen MR) is 109 cm³/mol. The Hall–Kier alpha value is -3.61. The Balaban J connectivity index is 1.80. The average molecular weight is 375 g/mol. The molecule has 0 aliphatic heterocycles. The molecule has 2 aromatic heterocycles. The third kappa shape index (κ3) is 3.11. The number of carbonyl (C=O) groups excluding carboxylic acids is 1. The number of nitrogen functional groups attached to an aromatic ring is 2. The summed E-state index contributed by atoms with van der Waals surface area (Å²) < 4.78 is 5.07. The van der Waals surface area contributed by atoms with Crippen LogP contribution in [-0.2, 0) is 16.0 Å². The number of benzene rings is 1. The molecule has 1 aliphatic carbocycles. The number of nitrogens with two attached hydrogens (primary N) is 2. The van der Waals surface area contributed by atoms with Crippen LogP contribution < -0.4 is 11.5 Å². The van der Waals surface area contributed by atoms with Gasteiger partial charge in [-0.3, -0.25) is 4.79 Å². The summed E-state index contributed by atoms with van der Waals surface area (Å²) in [7, 11) is 1.40. The molecule has 28 heavy (non-hydrogen) atoms. The highest BCUT2D eigenvalue weighted by molar-refractivity contribution is 5.87. The van der Waals surface area contributed by atoms with Crippen LogP contribution in [0.25, 0.3) is 22.3 Å². The number of ether oxygens (including phenoxy) is 1. The number of hydrogen-bond acceptors (Lipinski definition) is 6. The molecule has 0 radical (unpaired) electrons. The highest BCUT2D eigenvalue weighted by Crippen LogP contribution is 2.36. The van der Waals surface area contributed by atoms with Crippen molar-refractivity contribution in [2.24, 2.45) is 5.41 Å². The molecular formula is C21H21N5O2. The summed E-state index contributed by atoms with van der Waals surface area (Å²) in [5.74, 6) is -0.142. The van der Waals surface area contributed by atoms with Gasteiger partial charge in [0.25, 0.3) is 0 Å². The number of aromatic nitrogens is 3. The Morgan fingerprint density at radius 2 is 2.00 bits per heavy atom. The standard InChI is InChI=1S/C21H21N5O2/c1-28-19(27)21(9-3-2-4-10-21)12-17-15-11-16(13-5-7-14(22)8-6-13)24-18(15)26-20(23)25-17/h2-9,11H,10,12,22H2,1H3,(H3,23,24,25,26)/t21-/m1/s1. The Kier molecular flexibility index (Phi) is 4.35. The molecule has 3 aromatic rings. The molecule has 0 amide bonds. The van der Waals surface area contributed by atoms with Crippen molar-refractivity contribution in [2.45, 2.75) is 12.8 Å². The van der Waals surface area contributed by atoms with E-state index in [1.165, 1.54) is 7.11 Å². The summed E-state index contributed by atoms with van der Waals surface area (Å²) in [6.45, 7) is 0. The summed E-state index contributed by atoms with van der Waals surface area (Å²) in [4.78, 5) is 24.6. The van der Waals surface area contributed by atoms with Crippen molar-refractivity contribution in [3.05, 3.63) is 60.3 Å². The van der Waals surface area contributed by atoms with Crippen LogP contribution in [0.3, 0.4) is 0 Å². The van der Waals surface area contributed by atoms with Crippen LogP contribution in [0.5, 0.6) is 0 Å². The molecule has 0 saturated heterocycles. The number of methoxy groups -OCH3 is 1. The van der Waals surface area contributed by atoms with E-state index in [4.69, 9.17) is 16.2 Å². The van der Waals surface area contributed by atoms with Crippen LogP contribution in [0.1, 0.15) is 12.1 Å². The lowest BCUT2D eigenvalue weighted by molar-refractivity contribution is -0.149. The van der Waals surface area contributed by atoms with E-state index in [9.17, 15) is 4.79 Å². The minimum Gasteiger partial charge on any atom is -0.468 e. The van der Waals surface area contributed by atoms with E-state index in [1.807, 2.05) is 54.6 Å². The molecule has 4 rings (SSSR count). The fraction of sp³-hybridized carbons (Fsp3) is 0.190. The van der Waals surface area contributed by atoms with Gasteiger partial charge >= 0.3 is 5.97 Å². The first-order valence-corrected chi connectivity index (χ1v) is 8.94. The highest BCUT2D eigenvalue weighted by atomic mass is 16.5. The molecule has 0 spiro atoms. The zero-order valence-corrected chi connectivity index (χ0v) is 15.5. The van der Waals surface area contributed by atoms with Gasteiger partial charge in [-0.1, -0.05) is 36.4 Å². The topological polar surface area (TPSA) is 120 Å². The zero-order valence-electron chi connectivity index (χ0n) is 15.5. The number of esters is 1. The number of allylic oxidation sites excluding steroid dienone is 3. The normalized spacial score (nSPS) is 18.5. The Morgan fingerprint density at radius 1 is 1.21 bits per heavy atom. The third-order valence-electron chi connectivity index (χ3n) is 5.02. The van der Waals surface area contributed by atoms with E-state index >= 15 is 0 Å². The number of fused-ring (bicyclic) bond motifs is 1. The van der Waals surface area contributed by atoms with Gasteiger partial charge in [-0.05, 0) is 30.2 Å². The molecule has 2 heterocycles. The van der Waals surface area contributed by atoms with Crippen LogP contribution >= 0.6 is 0 Å². The van der Waals surface area contributed by atoms with E-state index in [0.717, 1.165) is 16.6 Å². The van der Waals surface area contributed by atoms with Crippen molar-refractivity contribution in [1.82, 2.24) is 15.0 Å². The lowest BCUT2D eigenvalue weighted by Crippen LogP contribution is -2.33. The number of nitrogens with one attached hydrogen (secondary N) is 1. The second-order valence-corrected chi connectivity index (χ2v) is 6.91. The number of carbonyl (C=O) groups is 1. The molecule has 1 atom stereocenters. The van der Waals surface area contributed by atoms with Crippen LogP contribution in [0, 0.1) is 5.41 Å². The molecule has 0 bridgehead atoms. The van der Waals surface area contributed by atoms with Gasteiger partial charge in [-0.25, -0.2) is 4.98 Å². The number of anilines is 2. The molecular weight excluding hydrogens is 354 g/mol. The molecule has 142 valence electrons.